The third-order valence-corrected chi connectivity index (χ3v) is 2.98. The second-order valence-electron chi connectivity index (χ2n) is 4.61. The number of nitrogens with zero attached hydrogens (tertiary/aromatic N) is 1. The fourth-order valence-corrected chi connectivity index (χ4v) is 2.05. The Balaban J connectivity index is 2.27. The van der Waals surface area contributed by atoms with Gasteiger partial charge in [0.25, 0.3) is 0 Å². The molecule has 1 rings (SSSR count). The molecule has 1 aromatic rings. The highest BCUT2D eigenvalue weighted by Gasteiger charge is 2.01. The Morgan fingerprint density at radius 1 is 1.00 bits per heavy atom. The van der Waals surface area contributed by atoms with Crippen LogP contribution in [0.3, 0.4) is 0 Å². The highest BCUT2D eigenvalue weighted by molar-refractivity contribution is 5.04. The molecule has 0 bridgehead atoms. The van der Waals surface area contributed by atoms with Crippen LogP contribution in [-0.4, -0.2) is 0 Å². The molecular formula is C15H26N+. The van der Waals surface area contributed by atoms with Gasteiger partial charge in [-0.25, -0.2) is 4.57 Å². The summed E-state index contributed by atoms with van der Waals surface area (Å²) in [5.41, 5.74) is 1.47. The first-order chi connectivity index (χ1) is 7.86. The second kappa shape index (κ2) is 8.32. The molecule has 0 spiro atoms. The summed E-state index contributed by atoms with van der Waals surface area (Å²) in [7, 11) is 0. The molecule has 0 radical (unpaired) electrons. The van der Waals surface area contributed by atoms with Crippen LogP contribution in [0.2, 0.25) is 0 Å². The summed E-state index contributed by atoms with van der Waals surface area (Å²) < 4.78 is 2.34. The summed E-state index contributed by atoms with van der Waals surface area (Å²) in [4.78, 5) is 0. The van der Waals surface area contributed by atoms with Crippen molar-refractivity contribution in [2.45, 2.75) is 65.3 Å². The molecule has 0 atom stereocenters. The Kier molecular flexibility index (Phi) is 6.87. The minimum atomic E-state index is 1.18. The van der Waals surface area contributed by atoms with Crippen LogP contribution in [0, 0.1) is 0 Å². The van der Waals surface area contributed by atoms with Crippen LogP contribution in [0.1, 0.15) is 57.9 Å². The van der Waals surface area contributed by atoms with E-state index in [4.69, 9.17) is 0 Å². The van der Waals surface area contributed by atoms with E-state index in [1.807, 2.05) is 0 Å². The predicted octanol–water partition coefficient (Wildman–Crippen LogP) is 3.90. The lowest BCUT2D eigenvalue weighted by Crippen LogP contribution is -2.33. The molecule has 0 amide bonds. The fraction of sp³-hybridized carbons (Fsp3) is 0.667. The maximum Gasteiger partial charge on any atom is 0.171 e. The van der Waals surface area contributed by atoms with Crippen molar-refractivity contribution >= 4 is 0 Å². The quantitative estimate of drug-likeness (QED) is 0.462. The third-order valence-electron chi connectivity index (χ3n) is 2.98. The number of pyridine rings is 1. The standard InChI is InChI=1S/C15H26N/c1-3-5-6-7-8-12-16-13-9-11-15(14-16)10-4-2/h9,11,13-14H,3-8,10,12H2,1-2H3/q+1. The molecule has 0 aliphatic heterocycles. The molecule has 0 N–H and O–H groups in total. The fourth-order valence-electron chi connectivity index (χ4n) is 2.05. The maximum absolute atomic E-state index is 2.34. The highest BCUT2D eigenvalue weighted by Crippen LogP contribution is 2.03. The van der Waals surface area contributed by atoms with Gasteiger partial charge in [0.1, 0.15) is 6.54 Å². The van der Waals surface area contributed by atoms with Gasteiger partial charge in [0.2, 0.25) is 0 Å². The summed E-state index contributed by atoms with van der Waals surface area (Å²) in [5, 5.41) is 0. The monoisotopic (exact) mass is 220 g/mol. The van der Waals surface area contributed by atoms with E-state index in [0.717, 1.165) is 0 Å². The third kappa shape index (κ3) is 5.29. The number of aryl methyl sites for hydroxylation is 2. The first kappa shape index (κ1) is 13.2. The molecule has 0 saturated carbocycles. The van der Waals surface area contributed by atoms with E-state index in [1.165, 1.54) is 57.1 Å². The topological polar surface area (TPSA) is 3.88 Å². The second-order valence-corrected chi connectivity index (χ2v) is 4.61. The summed E-state index contributed by atoms with van der Waals surface area (Å²) in [5.74, 6) is 0. The van der Waals surface area contributed by atoms with Gasteiger partial charge in [0.15, 0.2) is 12.4 Å². The van der Waals surface area contributed by atoms with E-state index in [-0.39, 0.29) is 0 Å². The van der Waals surface area contributed by atoms with Crippen molar-refractivity contribution in [3.05, 3.63) is 30.1 Å². The molecule has 0 saturated heterocycles. The van der Waals surface area contributed by atoms with Crippen molar-refractivity contribution in [1.29, 1.82) is 0 Å². The number of unbranched alkanes of at least 4 members (excludes halogenated alkanes) is 4. The molecule has 0 aliphatic carbocycles. The Hall–Kier alpha value is -0.850. The first-order valence-electron chi connectivity index (χ1n) is 6.84. The van der Waals surface area contributed by atoms with Gasteiger partial charge >= 0.3 is 0 Å². The minimum Gasteiger partial charge on any atom is -0.205 e. The number of hydrogen-bond acceptors (Lipinski definition) is 0. The van der Waals surface area contributed by atoms with Gasteiger partial charge in [-0.05, 0) is 18.9 Å². The molecule has 16 heavy (non-hydrogen) atoms. The Labute approximate surface area is 101 Å². The zero-order valence-corrected chi connectivity index (χ0v) is 10.9. The van der Waals surface area contributed by atoms with E-state index in [1.54, 1.807) is 0 Å². The van der Waals surface area contributed by atoms with Gasteiger partial charge in [-0.2, -0.15) is 0 Å². The first-order valence-corrected chi connectivity index (χ1v) is 6.84. The molecule has 0 aliphatic rings. The minimum absolute atomic E-state index is 1.18. The Bertz CT molecular complexity index is 281. The van der Waals surface area contributed by atoms with Crippen LogP contribution in [0.4, 0.5) is 0 Å². The highest BCUT2D eigenvalue weighted by atomic mass is 14.9. The zero-order chi connectivity index (χ0) is 11.6. The summed E-state index contributed by atoms with van der Waals surface area (Å²) in [6.45, 7) is 5.69. The zero-order valence-electron chi connectivity index (χ0n) is 10.9. The Morgan fingerprint density at radius 2 is 1.81 bits per heavy atom. The van der Waals surface area contributed by atoms with E-state index in [0.29, 0.717) is 0 Å². The largest absolute Gasteiger partial charge is 0.205 e. The van der Waals surface area contributed by atoms with Crippen LogP contribution in [-0.2, 0) is 13.0 Å². The van der Waals surface area contributed by atoms with Crippen molar-refractivity contribution in [3.8, 4) is 0 Å². The van der Waals surface area contributed by atoms with E-state index in [9.17, 15) is 0 Å². The average Bonchev–Trinajstić information content (AvgIpc) is 2.30. The lowest BCUT2D eigenvalue weighted by atomic mass is 10.1. The van der Waals surface area contributed by atoms with Gasteiger partial charge in [-0.15, -0.1) is 0 Å². The maximum atomic E-state index is 2.34. The lowest BCUT2D eigenvalue weighted by molar-refractivity contribution is -0.697. The smallest absolute Gasteiger partial charge is 0.171 e. The summed E-state index contributed by atoms with van der Waals surface area (Å²) in [6, 6.07) is 4.41. The molecule has 90 valence electrons. The number of hydrogen-bond donors (Lipinski definition) is 0. The van der Waals surface area contributed by atoms with Gasteiger partial charge in [-0.1, -0.05) is 39.5 Å². The SMILES string of the molecule is CCCCCCC[n+]1cccc(CCC)c1. The molecule has 1 aromatic heterocycles. The van der Waals surface area contributed by atoms with Gasteiger partial charge in [0, 0.05) is 18.1 Å². The van der Waals surface area contributed by atoms with Crippen LogP contribution in [0.25, 0.3) is 0 Å². The van der Waals surface area contributed by atoms with Crippen LogP contribution in [0.15, 0.2) is 24.5 Å². The van der Waals surface area contributed by atoms with Gasteiger partial charge in [0.05, 0.1) is 0 Å². The molecule has 1 heteroatoms. The predicted molar refractivity (Wildman–Crippen MR) is 69.4 cm³/mol. The van der Waals surface area contributed by atoms with Crippen LogP contribution < -0.4 is 4.57 Å². The Morgan fingerprint density at radius 3 is 2.56 bits per heavy atom. The van der Waals surface area contributed by atoms with Crippen LogP contribution >= 0.6 is 0 Å². The molecule has 0 unspecified atom stereocenters. The van der Waals surface area contributed by atoms with Crippen LogP contribution in [0.5, 0.6) is 0 Å². The summed E-state index contributed by atoms with van der Waals surface area (Å²) >= 11 is 0. The van der Waals surface area contributed by atoms with E-state index < -0.39 is 0 Å². The van der Waals surface area contributed by atoms with Crippen molar-refractivity contribution in [2.75, 3.05) is 0 Å². The van der Waals surface area contributed by atoms with E-state index >= 15 is 0 Å². The lowest BCUT2D eigenvalue weighted by Gasteiger charge is -2.00. The van der Waals surface area contributed by atoms with Gasteiger partial charge in [-0.3, -0.25) is 0 Å². The molecule has 1 nitrogen and oxygen atoms in total. The van der Waals surface area contributed by atoms with E-state index in [2.05, 4.69) is 42.9 Å². The number of aromatic nitrogens is 1. The van der Waals surface area contributed by atoms with Crippen molar-refractivity contribution in [3.63, 3.8) is 0 Å². The molecule has 0 aromatic carbocycles. The van der Waals surface area contributed by atoms with Crippen molar-refractivity contribution in [1.82, 2.24) is 0 Å². The summed E-state index contributed by atoms with van der Waals surface area (Å²) in [6.07, 6.45) is 13.8. The van der Waals surface area contributed by atoms with Crippen molar-refractivity contribution < 1.29 is 4.57 Å². The molecule has 0 fully saturated rings. The molecular weight excluding hydrogens is 194 g/mol. The van der Waals surface area contributed by atoms with Crippen molar-refractivity contribution in [2.24, 2.45) is 0 Å². The molecule has 1 heterocycles. The van der Waals surface area contributed by atoms with Gasteiger partial charge < -0.3 is 0 Å². The number of rotatable bonds is 8. The average molecular weight is 220 g/mol. The normalized spacial score (nSPS) is 10.6.